The molecule has 0 bridgehead atoms. The molecule has 0 aromatic rings. The second-order valence-corrected chi connectivity index (χ2v) is 7.06. The highest BCUT2D eigenvalue weighted by Gasteiger charge is 2.37. The lowest BCUT2D eigenvalue weighted by molar-refractivity contribution is 0.366. The maximum absolute atomic E-state index is 12.2. The molecule has 1 aliphatic carbocycles. The molecule has 104 valence electrons. The van der Waals surface area contributed by atoms with Crippen molar-refractivity contribution in [3.63, 3.8) is 0 Å². The molecule has 1 saturated carbocycles. The van der Waals surface area contributed by atoms with E-state index in [1.165, 1.54) is 11.4 Å². The van der Waals surface area contributed by atoms with Gasteiger partial charge in [0.15, 0.2) is 0 Å². The third kappa shape index (κ3) is 3.67. The number of nitrogens with zero attached hydrogens (tertiary/aromatic N) is 2. The van der Waals surface area contributed by atoms with Gasteiger partial charge in [-0.1, -0.05) is 25.7 Å². The summed E-state index contributed by atoms with van der Waals surface area (Å²) in [6.45, 7) is 3.62. The van der Waals surface area contributed by atoms with E-state index in [0.717, 1.165) is 25.7 Å². The minimum absolute atomic E-state index is 0.121. The number of nitrogens with one attached hydrogen (secondary N) is 1. The molecule has 18 heavy (non-hydrogen) atoms. The fraction of sp³-hybridized carbons (Fsp3) is 0.917. The third-order valence-corrected chi connectivity index (χ3v) is 5.43. The maximum Gasteiger partial charge on any atom is 0.280 e. The first kappa shape index (κ1) is 15.4. The van der Waals surface area contributed by atoms with E-state index in [1.54, 1.807) is 0 Å². The smallest absolute Gasteiger partial charge is 0.196 e. The number of rotatable bonds is 4. The summed E-state index contributed by atoms with van der Waals surface area (Å²) in [6.07, 6.45) is 5.17. The average molecular weight is 273 g/mol. The fourth-order valence-electron chi connectivity index (χ4n) is 2.17. The second-order valence-electron chi connectivity index (χ2n) is 5.33. The Labute approximate surface area is 110 Å². The summed E-state index contributed by atoms with van der Waals surface area (Å²) in [4.78, 5) is 0. The zero-order chi connectivity index (χ0) is 13.8. The quantitative estimate of drug-likeness (QED) is 0.793. The zero-order valence-corrected chi connectivity index (χ0v) is 12.3. The lowest BCUT2D eigenvalue weighted by Gasteiger charge is -2.30. The van der Waals surface area contributed by atoms with E-state index < -0.39 is 15.7 Å². The van der Waals surface area contributed by atoms with Gasteiger partial charge in [0.25, 0.3) is 10.2 Å². The number of nitriles is 1. The predicted molar refractivity (Wildman–Crippen MR) is 71.0 cm³/mol. The second kappa shape index (κ2) is 6.00. The third-order valence-electron chi connectivity index (χ3n) is 3.60. The van der Waals surface area contributed by atoms with Crippen molar-refractivity contribution >= 4 is 10.2 Å². The highest BCUT2D eigenvalue weighted by atomic mass is 32.2. The Kier molecular flexibility index (Phi) is 5.14. The Hall–Kier alpha value is -0.640. The first-order valence-electron chi connectivity index (χ1n) is 6.51. The average Bonchev–Trinajstić information content (AvgIpc) is 2.53. The topological polar surface area (TPSA) is 73.2 Å². The minimum atomic E-state index is -3.59. The van der Waals surface area contributed by atoms with Gasteiger partial charge in [-0.2, -0.15) is 22.7 Å². The Balaban J connectivity index is 2.88. The molecule has 0 atom stereocenters. The van der Waals surface area contributed by atoms with Crippen molar-refractivity contribution in [2.24, 2.45) is 0 Å². The van der Waals surface area contributed by atoms with Crippen LogP contribution >= 0.6 is 0 Å². The Bertz CT molecular complexity index is 404. The van der Waals surface area contributed by atoms with E-state index in [0.29, 0.717) is 12.8 Å². The highest BCUT2D eigenvalue weighted by Crippen LogP contribution is 2.27. The molecule has 0 amide bonds. The molecule has 1 fully saturated rings. The monoisotopic (exact) mass is 273 g/mol. The predicted octanol–water partition coefficient (Wildman–Crippen LogP) is 1.78. The SMILES string of the molecule is CC(C)N(C)S(=O)(=O)NC1(C#N)CCCCCC1. The normalized spacial score (nSPS) is 20.7. The lowest BCUT2D eigenvalue weighted by Crippen LogP contribution is -2.53. The number of hydrogen-bond acceptors (Lipinski definition) is 3. The molecule has 0 aromatic carbocycles. The maximum atomic E-state index is 12.2. The van der Waals surface area contributed by atoms with Crippen LogP contribution in [0.15, 0.2) is 0 Å². The van der Waals surface area contributed by atoms with E-state index >= 15 is 0 Å². The van der Waals surface area contributed by atoms with Gasteiger partial charge in [-0.15, -0.1) is 0 Å². The summed E-state index contributed by atoms with van der Waals surface area (Å²) in [6, 6.07) is 2.07. The van der Waals surface area contributed by atoms with E-state index in [9.17, 15) is 13.7 Å². The van der Waals surface area contributed by atoms with Crippen molar-refractivity contribution < 1.29 is 8.42 Å². The van der Waals surface area contributed by atoms with E-state index in [2.05, 4.69) is 10.8 Å². The van der Waals surface area contributed by atoms with Crippen molar-refractivity contribution in [1.82, 2.24) is 9.03 Å². The van der Waals surface area contributed by atoms with Crippen molar-refractivity contribution in [1.29, 1.82) is 5.26 Å². The largest absolute Gasteiger partial charge is 0.280 e. The summed E-state index contributed by atoms with van der Waals surface area (Å²) in [7, 11) is -2.05. The highest BCUT2D eigenvalue weighted by molar-refractivity contribution is 7.87. The summed E-state index contributed by atoms with van der Waals surface area (Å²) >= 11 is 0. The zero-order valence-electron chi connectivity index (χ0n) is 11.4. The first-order valence-corrected chi connectivity index (χ1v) is 7.95. The van der Waals surface area contributed by atoms with Crippen LogP contribution in [0, 0.1) is 11.3 Å². The molecular formula is C12H23N3O2S. The van der Waals surface area contributed by atoms with Crippen LogP contribution in [0.4, 0.5) is 0 Å². The lowest BCUT2D eigenvalue weighted by atomic mass is 9.94. The van der Waals surface area contributed by atoms with Gasteiger partial charge in [0.05, 0.1) is 6.07 Å². The fourth-order valence-corrected chi connectivity index (χ4v) is 3.61. The van der Waals surface area contributed by atoms with Gasteiger partial charge in [-0.05, 0) is 26.7 Å². The van der Waals surface area contributed by atoms with Crippen molar-refractivity contribution in [2.75, 3.05) is 7.05 Å². The molecule has 1 N–H and O–H groups in total. The summed E-state index contributed by atoms with van der Waals surface area (Å²) in [5, 5.41) is 9.35. The van der Waals surface area contributed by atoms with Crippen LogP contribution in [0.1, 0.15) is 52.4 Å². The molecule has 0 unspecified atom stereocenters. The summed E-state index contributed by atoms with van der Waals surface area (Å²) < 4.78 is 28.3. The molecule has 0 radical (unpaired) electrons. The standard InChI is InChI=1S/C12H23N3O2S/c1-11(2)15(3)18(16,17)14-12(10-13)8-6-4-5-7-9-12/h11,14H,4-9H2,1-3H3. The molecule has 0 heterocycles. The molecule has 1 rings (SSSR count). The van der Waals surface area contributed by atoms with Gasteiger partial charge in [-0.3, -0.25) is 0 Å². The van der Waals surface area contributed by atoms with Crippen molar-refractivity contribution in [2.45, 2.75) is 64.0 Å². The van der Waals surface area contributed by atoms with E-state index in [1.807, 2.05) is 13.8 Å². The van der Waals surface area contributed by atoms with Gasteiger partial charge in [0.1, 0.15) is 5.54 Å². The van der Waals surface area contributed by atoms with E-state index in [-0.39, 0.29) is 6.04 Å². The van der Waals surface area contributed by atoms with Gasteiger partial charge in [0.2, 0.25) is 0 Å². The summed E-state index contributed by atoms with van der Waals surface area (Å²) in [5.74, 6) is 0. The van der Waals surface area contributed by atoms with Crippen LogP contribution < -0.4 is 4.72 Å². The van der Waals surface area contributed by atoms with Crippen LogP contribution in [0.5, 0.6) is 0 Å². The van der Waals surface area contributed by atoms with Gasteiger partial charge in [-0.25, -0.2) is 0 Å². The molecule has 1 aliphatic rings. The van der Waals surface area contributed by atoms with Gasteiger partial charge >= 0.3 is 0 Å². The molecule has 0 spiro atoms. The Morgan fingerprint density at radius 3 is 2.11 bits per heavy atom. The summed E-state index contributed by atoms with van der Waals surface area (Å²) in [5.41, 5.74) is -0.918. The van der Waals surface area contributed by atoms with Crippen LogP contribution in [-0.2, 0) is 10.2 Å². The van der Waals surface area contributed by atoms with Gasteiger partial charge < -0.3 is 0 Å². The van der Waals surface area contributed by atoms with Crippen LogP contribution in [0.25, 0.3) is 0 Å². The Morgan fingerprint density at radius 1 is 1.22 bits per heavy atom. The molecule has 5 nitrogen and oxygen atoms in total. The van der Waals surface area contributed by atoms with E-state index in [4.69, 9.17) is 0 Å². The molecular weight excluding hydrogens is 250 g/mol. The molecule has 6 heteroatoms. The van der Waals surface area contributed by atoms with Crippen LogP contribution in [0.3, 0.4) is 0 Å². The Morgan fingerprint density at radius 2 is 1.72 bits per heavy atom. The van der Waals surface area contributed by atoms with Crippen molar-refractivity contribution in [3.8, 4) is 6.07 Å². The van der Waals surface area contributed by atoms with Crippen molar-refractivity contribution in [3.05, 3.63) is 0 Å². The molecule has 0 aromatic heterocycles. The number of hydrogen-bond donors (Lipinski definition) is 1. The van der Waals surface area contributed by atoms with Gasteiger partial charge in [0, 0.05) is 13.1 Å². The first-order chi connectivity index (χ1) is 8.33. The molecule has 0 aliphatic heterocycles. The minimum Gasteiger partial charge on any atom is -0.196 e. The van der Waals surface area contributed by atoms with Crippen LogP contribution in [0.2, 0.25) is 0 Å². The van der Waals surface area contributed by atoms with Crippen LogP contribution in [-0.4, -0.2) is 31.4 Å². The molecule has 0 saturated heterocycles.